The predicted octanol–water partition coefficient (Wildman–Crippen LogP) is -0.0985. The Hall–Kier alpha value is -0.730. The Morgan fingerprint density at radius 3 is 1.93 bits per heavy atom. The predicted molar refractivity (Wildman–Crippen MR) is 53.0 cm³/mol. The first kappa shape index (κ1) is 8.57. The molecule has 0 aliphatic heterocycles. The third kappa shape index (κ3) is 1.22. The van der Waals surface area contributed by atoms with Crippen LogP contribution in [0.5, 0.6) is 0 Å². The van der Waals surface area contributed by atoms with E-state index in [0.717, 1.165) is 23.7 Å². The first-order valence-electron chi connectivity index (χ1n) is 5.77. The maximum absolute atomic E-state index is 5.60. The summed E-state index contributed by atoms with van der Waals surface area (Å²) >= 11 is 0. The van der Waals surface area contributed by atoms with E-state index in [1.165, 1.54) is 32.1 Å². The molecule has 0 unspecified atom stereocenters. The van der Waals surface area contributed by atoms with Crippen LogP contribution in [-0.2, 0) is 4.74 Å². The molecule has 4 N–H and O–H groups in total. The molecule has 14 heavy (non-hydrogen) atoms. The second kappa shape index (κ2) is 2.88. The second-order valence-electron chi connectivity index (χ2n) is 5.42. The highest BCUT2D eigenvalue weighted by Crippen LogP contribution is 2.54. The van der Waals surface area contributed by atoms with Crippen molar-refractivity contribution in [3.63, 3.8) is 0 Å². The van der Waals surface area contributed by atoms with Gasteiger partial charge in [0.1, 0.15) is 6.10 Å². The van der Waals surface area contributed by atoms with Crippen LogP contribution in [0.15, 0.2) is 0 Å². The van der Waals surface area contributed by atoms with Gasteiger partial charge in [0, 0.05) is 0 Å². The normalized spacial score (nSPS) is 49.3. The van der Waals surface area contributed by atoms with Crippen molar-refractivity contribution >= 4 is 6.02 Å². The van der Waals surface area contributed by atoms with E-state index in [0.29, 0.717) is 6.10 Å². The van der Waals surface area contributed by atoms with Gasteiger partial charge in [0.05, 0.1) is 0 Å². The Morgan fingerprint density at radius 1 is 1.00 bits per heavy atom. The molecule has 4 aliphatic carbocycles. The van der Waals surface area contributed by atoms with Crippen molar-refractivity contribution in [1.82, 2.24) is 0 Å². The first-order chi connectivity index (χ1) is 6.72. The minimum absolute atomic E-state index is 0.169. The summed E-state index contributed by atoms with van der Waals surface area (Å²) in [6.45, 7) is 0. The average Bonchev–Trinajstić information content (AvgIpc) is 2.09. The lowest BCUT2D eigenvalue weighted by atomic mass is 9.55. The fraction of sp³-hybridized carbons (Fsp3) is 0.909. The molecule has 3 nitrogen and oxygen atoms in total. The summed E-state index contributed by atoms with van der Waals surface area (Å²) in [5.74, 6) is 3.45. The summed E-state index contributed by atoms with van der Waals surface area (Å²) in [7, 11) is 0. The Balaban J connectivity index is 1.77. The summed E-state index contributed by atoms with van der Waals surface area (Å²) < 4.78 is 5.60. The van der Waals surface area contributed by atoms with Crippen LogP contribution in [0.4, 0.5) is 0 Å². The monoisotopic (exact) mass is 195 g/mol. The molecule has 0 aromatic heterocycles. The molecular weight excluding hydrogens is 176 g/mol. The van der Waals surface area contributed by atoms with Crippen LogP contribution in [0, 0.1) is 23.7 Å². The van der Waals surface area contributed by atoms with Gasteiger partial charge in [-0.2, -0.15) is 0 Å². The van der Waals surface area contributed by atoms with Crippen LogP contribution in [-0.4, -0.2) is 12.1 Å². The standard InChI is InChI=1S/C11H18N2O/c12-11(13)14-10-8-2-6-1-7(4-8)5-9(10)3-6/h6-10H,1-5H2,(H3,12,13)/p+1. The fourth-order valence-electron chi connectivity index (χ4n) is 4.22. The van der Waals surface area contributed by atoms with E-state index in [-0.39, 0.29) is 6.02 Å². The molecule has 0 saturated heterocycles. The molecule has 4 saturated carbocycles. The van der Waals surface area contributed by atoms with Gasteiger partial charge in [0.25, 0.3) is 0 Å². The molecule has 0 amide bonds. The molecule has 78 valence electrons. The van der Waals surface area contributed by atoms with E-state index in [1.54, 1.807) is 0 Å². The van der Waals surface area contributed by atoms with Gasteiger partial charge >= 0.3 is 6.02 Å². The van der Waals surface area contributed by atoms with Crippen molar-refractivity contribution in [2.75, 3.05) is 0 Å². The van der Waals surface area contributed by atoms with Crippen LogP contribution >= 0.6 is 0 Å². The Bertz CT molecular complexity index is 236. The molecule has 0 aromatic rings. The van der Waals surface area contributed by atoms with E-state index in [2.05, 4.69) is 0 Å². The highest BCUT2D eigenvalue weighted by Gasteiger charge is 2.49. The molecule has 0 spiro atoms. The number of hydrogen-bond acceptors (Lipinski definition) is 1. The van der Waals surface area contributed by atoms with Gasteiger partial charge in [-0.15, -0.1) is 0 Å². The third-order valence-electron chi connectivity index (χ3n) is 4.41. The van der Waals surface area contributed by atoms with E-state index in [9.17, 15) is 0 Å². The van der Waals surface area contributed by atoms with Crippen molar-refractivity contribution in [2.24, 2.45) is 29.4 Å². The van der Waals surface area contributed by atoms with Crippen molar-refractivity contribution in [3.05, 3.63) is 0 Å². The number of ether oxygens (including phenoxy) is 1. The van der Waals surface area contributed by atoms with Gasteiger partial charge in [-0.1, -0.05) is 0 Å². The molecule has 4 fully saturated rings. The zero-order chi connectivity index (χ0) is 9.71. The molecule has 0 atom stereocenters. The molecule has 0 heterocycles. The zero-order valence-corrected chi connectivity index (χ0v) is 8.49. The van der Waals surface area contributed by atoms with Crippen LogP contribution < -0.4 is 11.1 Å². The first-order valence-corrected chi connectivity index (χ1v) is 5.77. The third-order valence-corrected chi connectivity index (χ3v) is 4.41. The SMILES string of the molecule is NC(=[NH2+])OC1C2CC3CC(C2)CC1C3. The number of hydrogen-bond donors (Lipinski definition) is 2. The van der Waals surface area contributed by atoms with Crippen LogP contribution in [0.25, 0.3) is 0 Å². The maximum Gasteiger partial charge on any atom is 0.437 e. The van der Waals surface area contributed by atoms with E-state index in [1.807, 2.05) is 0 Å². The minimum Gasteiger partial charge on any atom is -0.428 e. The number of rotatable bonds is 1. The quantitative estimate of drug-likeness (QED) is 0.453. The van der Waals surface area contributed by atoms with Gasteiger partial charge in [-0.05, 0) is 55.8 Å². The highest BCUT2D eigenvalue weighted by atomic mass is 16.5. The molecule has 4 aliphatic rings. The lowest BCUT2D eigenvalue weighted by Gasteiger charge is -2.53. The lowest BCUT2D eigenvalue weighted by molar-refractivity contribution is -0.169. The van der Waals surface area contributed by atoms with Gasteiger partial charge in [0.2, 0.25) is 0 Å². The van der Waals surface area contributed by atoms with E-state index < -0.39 is 0 Å². The molecule has 3 heteroatoms. The van der Waals surface area contributed by atoms with Crippen molar-refractivity contribution in [2.45, 2.75) is 38.2 Å². The Morgan fingerprint density at radius 2 is 1.50 bits per heavy atom. The largest absolute Gasteiger partial charge is 0.437 e. The minimum atomic E-state index is 0.169. The summed E-state index contributed by atoms with van der Waals surface area (Å²) in [5.41, 5.74) is 5.44. The maximum atomic E-state index is 5.60. The summed E-state index contributed by atoms with van der Waals surface area (Å²) in [6.07, 6.45) is 7.22. The molecule has 4 rings (SSSR count). The van der Waals surface area contributed by atoms with Gasteiger partial charge in [0.15, 0.2) is 0 Å². The number of nitrogens with two attached hydrogens (primary N) is 2. The Labute approximate surface area is 84.5 Å². The van der Waals surface area contributed by atoms with E-state index in [4.69, 9.17) is 15.9 Å². The van der Waals surface area contributed by atoms with Gasteiger partial charge in [-0.3, -0.25) is 11.1 Å². The molecule has 4 bridgehead atoms. The van der Waals surface area contributed by atoms with Crippen LogP contribution in [0.1, 0.15) is 32.1 Å². The van der Waals surface area contributed by atoms with Crippen LogP contribution in [0.3, 0.4) is 0 Å². The Kier molecular flexibility index (Phi) is 1.76. The molecule has 0 aromatic carbocycles. The summed E-state index contributed by atoms with van der Waals surface area (Å²) in [5, 5.41) is 5.44. The number of amidine groups is 1. The average molecular weight is 195 g/mol. The smallest absolute Gasteiger partial charge is 0.428 e. The van der Waals surface area contributed by atoms with Crippen molar-refractivity contribution in [3.8, 4) is 0 Å². The molecule has 0 radical (unpaired) electrons. The second-order valence-corrected chi connectivity index (χ2v) is 5.42. The topological polar surface area (TPSA) is 60.8 Å². The summed E-state index contributed by atoms with van der Waals surface area (Å²) in [4.78, 5) is 0. The fourth-order valence-corrected chi connectivity index (χ4v) is 4.22. The molecular formula is C11H19N2O+. The zero-order valence-electron chi connectivity index (χ0n) is 8.49. The van der Waals surface area contributed by atoms with Crippen molar-refractivity contribution in [1.29, 1.82) is 0 Å². The van der Waals surface area contributed by atoms with E-state index >= 15 is 0 Å². The highest BCUT2D eigenvalue weighted by molar-refractivity contribution is 5.64. The summed E-state index contributed by atoms with van der Waals surface area (Å²) in [6, 6.07) is 0.169. The lowest BCUT2D eigenvalue weighted by Crippen LogP contribution is -2.55. The van der Waals surface area contributed by atoms with Crippen molar-refractivity contribution < 1.29 is 10.1 Å². The van der Waals surface area contributed by atoms with Crippen LogP contribution in [0.2, 0.25) is 0 Å². The van der Waals surface area contributed by atoms with Gasteiger partial charge in [-0.25, -0.2) is 0 Å². The van der Waals surface area contributed by atoms with Gasteiger partial charge < -0.3 is 4.74 Å².